The molecule has 0 fully saturated rings. The van der Waals surface area contributed by atoms with Gasteiger partial charge in [0.25, 0.3) is 5.91 Å². The van der Waals surface area contributed by atoms with E-state index in [0.29, 0.717) is 15.9 Å². The molecule has 1 unspecified atom stereocenters. The maximum atomic E-state index is 12.2. The van der Waals surface area contributed by atoms with Crippen LogP contribution in [-0.4, -0.2) is 17.0 Å². The zero-order valence-corrected chi connectivity index (χ0v) is 14.2. The summed E-state index contributed by atoms with van der Waals surface area (Å²) < 4.78 is 6.60. The molecule has 0 aliphatic carbocycles. The minimum Gasteiger partial charge on any atom is -0.481 e. The van der Waals surface area contributed by atoms with Gasteiger partial charge >= 0.3 is 0 Å². The molecular formula is C17H15ClN2O2S. The molecule has 3 aromatic rings. The van der Waals surface area contributed by atoms with Gasteiger partial charge in [0, 0.05) is 5.02 Å². The highest BCUT2D eigenvalue weighted by Crippen LogP contribution is 2.28. The van der Waals surface area contributed by atoms with Gasteiger partial charge in [-0.3, -0.25) is 10.1 Å². The predicted molar refractivity (Wildman–Crippen MR) is 94.5 cm³/mol. The van der Waals surface area contributed by atoms with Crippen LogP contribution in [0.1, 0.15) is 12.5 Å². The van der Waals surface area contributed by atoms with Gasteiger partial charge in [-0.15, -0.1) is 0 Å². The van der Waals surface area contributed by atoms with Crippen LogP contribution in [-0.2, 0) is 4.79 Å². The molecule has 0 radical (unpaired) electrons. The Morgan fingerprint density at radius 2 is 2.13 bits per heavy atom. The number of carbonyl (C=O) groups is 1. The molecule has 0 aliphatic rings. The van der Waals surface area contributed by atoms with Crippen LogP contribution >= 0.6 is 22.9 Å². The third kappa shape index (κ3) is 3.81. The van der Waals surface area contributed by atoms with Crippen LogP contribution in [0.2, 0.25) is 5.02 Å². The Labute approximate surface area is 143 Å². The molecule has 1 amide bonds. The van der Waals surface area contributed by atoms with Gasteiger partial charge in [0.05, 0.1) is 10.2 Å². The maximum Gasteiger partial charge on any atom is 0.266 e. The van der Waals surface area contributed by atoms with Crippen LogP contribution in [0.25, 0.3) is 10.2 Å². The maximum absolute atomic E-state index is 12.2. The number of hydrogen-bond donors (Lipinski definition) is 1. The first-order valence-electron chi connectivity index (χ1n) is 7.11. The highest BCUT2D eigenvalue weighted by atomic mass is 35.5. The molecule has 0 aliphatic heterocycles. The first-order valence-corrected chi connectivity index (χ1v) is 8.31. The predicted octanol–water partition coefficient (Wildman–Crippen LogP) is 4.66. The Morgan fingerprint density at radius 1 is 1.30 bits per heavy atom. The average Bonchev–Trinajstić information content (AvgIpc) is 2.88. The third-order valence-electron chi connectivity index (χ3n) is 3.25. The molecule has 1 N–H and O–H groups in total. The monoisotopic (exact) mass is 346 g/mol. The standard InChI is InChI=1S/C17H15ClN2O2S/c1-10-4-3-5-13(8-10)22-11(2)16(21)20-17-19-14-7-6-12(18)9-15(14)23-17/h3-9,11H,1-2H3,(H,19,20,21). The van der Waals surface area contributed by atoms with Gasteiger partial charge in [0.15, 0.2) is 11.2 Å². The summed E-state index contributed by atoms with van der Waals surface area (Å²) in [6.45, 7) is 3.69. The second-order valence-corrected chi connectivity index (χ2v) is 6.66. The van der Waals surface area contributed by atoms with Crippen molar-refractivity contribution in [3.05, 3.63) is 53.1 Å². The number of anilines is 1. The number of aryl methyl sites for hydroxylation is 1. The smallest absolute Gasteiger partial charge is 0.266 e. The lowest BCUT2D eigenvalue weighted by molar-refractivity contribution is -0.122. The number of benzene rings is 2. The number of nitrogens with one attached hydrogen (secondary N) is 1. The van der Waals surface area contributed by atoms with Crippen LogP contribution in [0.5, 0.6) is 5.75 Å². The summed E-state index contributed by atoms with van der Waals surface area (Å²) in [7, 11) is 0. The highest BCUT2D eigenvalue weighted by Gasteiger charge is 2.17. The Kier molecular flexibility index (Phi) is 4.50. The van der Waals surface area contributed by atoms with Crippen molar-refractivity contribution < 1.29 is 9.53 Å². The molecule has 118 valence electrons. The third-order valence-corrected chi connectivity index (χ3v) is 4.42. The van der Waals surface area contributed by atoms with Crippen molar-refractivity contribution >= 4 is 44.2 Å². The van der Waals surface area contributed by atoms with E-state index in [4.69, 9.17) is 16.3 Å². The van der Waals surface area contributed by atoms with Gasteiger partial charge in [-0.05, 0) is 49.7 Å². The van der Waals surface area contributed by atoms with Crippen LogP contribution in [0.4, 0.5) is 5.13 Å². The van der Waals surface area contributed by atoms with Crippen LogP contribution in [0.3, 0.4) is 0 Å². The van der Waals surface area contributed by atoms with Crippen LogP contribution in [0, 0.1) is 6.92 Å². The molecule has 0 spiro atoms. The molecule has 6 heteroatoms. The van der Waals surface area contributed by atoms with E-state index in [-0.39, 0.29) is 5.91 Å². The average molecular weight is 347 g/mol. The molecular weight excluding hydrogens is 332 g/mol. The zero-order chi connectivity index (χ0) is 16.4. The highest BCUT2D eigenvalue weighted by molar-refractivity contribution is 7.22. The summed E-state index contributed by atoms with van der Waals surface area (Å²) in [6, 6.07) is 13.0. The second kappa shape index (κ2) is 6.56. The van der Waals surface area contributed by atoms with Crippen molar-refractivity contribution in [2.75, 3.05) is 5.32 Å². The number of hydrogen-bond acceptors (Lipinski definition) is 4. The summed E-state index contributed by atoms with van der Waals surface area (Å²) in [4.78, 5) is 16.6. The lowest BCUT2D eigenvalue weighted by atomic mass is 10.2. The topological polar surface area (TPSA) is 51.2 Å². The van der Waals surface area contributed by atoms with E-state index in [1.807, 2.05) is 43.3 Å². The quantitative estimate of drug-likeness (QED) is 0.747. The minimum absolute atomic E-state index is 0.239. The number of thiazole rings is 1. The zero-order valence-electron chi connectivity index (χ0n) is 12.7. The van der Waals surface area contributed by atoms with E-state index in [1.165, 1.54) is 11.3 Å². The number of nitrogens with zero attached hydrogens (tertiary/aromatic N) is 1. The number of rotatable bonds is 4. The van der Waals surface area contributed by atoms with Gasteiger partial charge in [-0.1, -0.05) is 35.1 Å². The molecule has 1 aromatic heterocycles. The second-order valence-electron chi connectivity index (χ2n) is 5.20. The Morgan fingerprint density at radius 3 is 2.91 bits per heavy atom. The van der Waals surface area contributed by atoms with Gasteiger partial charge in [-0.2, -0.15) is 0 Å². The fraction of sp³-hybridized carbons (Fsp3) is 0.176. The number of aromatic nitrogens is 1. The number of amides is 1. The Hall–Kier alpha value is -2.11. The van der Waals surface area contributed by atoms with E-state index in [9.17, 15) is 4.79 Å². The molecule has 1 heterocycles. The number of ether oxygens (including phenoxy) is 1. The van der Waals surface area contributed by atoms with Gasteiger partial charge in [0.1, 0.15) is 5.75 Å². The van der Waals surface area contributed by atoms with Gasteiger partial charge < -0.3 is 4.74 Å². The van der Waals surface area contributed by atoms with E-state index in [2.05, 4.69) is 10.3 Å². The summed E-state index contributed by atoms with van der Waals surface area (Å²) in [6.07, 6.45) is -0.618. The summed E-state index contributed by atoms with van der Waals surface area (Å²) in [5, 5.41) is 3.97. The Bertz CT molecular complexity index is 863. The fourth-order valence-corrected chi connectivity index (χ4v) is 3.25. The summed E-state index contributed by atoms with van der Waals surface area (Å²) in [5.74, 6) is 0.431. The molecule has 1 atom stereocenters. The van der Waals surface area contributed by atoms with E-state index >= 15 is 0 Å². The largest absolute Gasteiger partial charge is 0.481 e. The Balaban J connectivity index is 1.69. The van der Waals surface area contributed by atoms with E-state index in [0.717, 1.165) is 15.8 Å². The van der Waals surface area contributed by atoms with Crippen molar-refractivity contribution in [3.8, 4) is 5.75 Å². The lowest BCUT2D eigenvalue weighted by Gasteiger charge is -2.13. The SMILES string of the molecule is Cc1cccc(OC(C)C(=O)Nc2nc3ccc(Cl)cc3s2)c1. The summed E-state index contributed by atoms with van der Waals surface area (Å²) in [5.41, 5.74) is 1.89. The number of carbonyl (C=O) groups excluding carboxylic acids is 1. The van der Waals surface area contributed by atoms with E-state index < -0.39 is 6.10 Å². The number of halogens is 1. The van der Waals surface area contributed by atoms with E-state index in [1.54, 1.807) is 13.0 Å². The van der Waals surface area contributed by atoms with Crippen molar-refractivity contribution in [2.45, 2.75) is 20.0 Å². The van der Waals surface area contributed by atoms with Gasteiger partial charge in [-0.25, -0.2) is 4.98 Å². The molecule has 3 rings (SSSR count). The summed E-state index contributed by atoms with van der Waals surface area (Å²) >= 11 is 7.34. The van der Waals surface area contributed by atoms with Crippen molar-refractivity contribution in [1.82, 2.24) is 4.98 Å². The molecule has 4 nitrogen and oxygen atoms in total. The fourth-order valence-electron chi connectivity index (χ4n) is 2.11. The lowest BCUT2D eigenvalue weighted by Crippen LogP contribution is -2.30. The van der Waals surface area contributed by atoms with Crippen LogP contribution < -0.4 is 10.1 Å². The normalized spacial score (nSPS) is 12.1. The molecule has 0 saturated heterocycles. The number of fused-ring (bicyclic) bond motifs is 1. The van der Waals surface area contributed by atoms with Crippen molar-refractivity contribution in [3.63, 3.8) is 0 Å². The van der Waals surface area contributed by atoms with Crippen molar-refractivity contribution in [1.29, 1.82) is 0 Å². The van der Waals surface area contributed by atoms with Crippen LogP contribution in [0.15, 0.2) is 42.5 Å². The van der Waals surface area contributed by atoms with Crippen molar-refractivity contribution in [2.24, 2.45) is 0 Å². The molecule has 23 heavy (non-hydrogen) atoms. The first kappa shape index (κ1) is 15.8. The molecule has 2 aromatic carbocycles. The minimum atomic E-state index is -0.618. The van der Waals surface area contributed by atoms with Gasteiger partial charge in [0.2, 0.25) is 0 Å². The molecule has 0 bridgehead atoms. The molecule has 0 saturated carbocycles. The first-order chi connectivity index (χ1) is 11.0.